The molecule has 0 heterocycles. The molecule has 1 aliphatic carbocycles. The van der Waals surface area contributed by atoms with Crippen LogP contribution in [0.1, 0.15) is 66.2 Å². The van der Waals surface area contributed by atoms with Crippen LogP contribution in [0.15, 0.2) is 0 Å². The maximum absolute atomic E-state index is 12.0. The van der Waals surface area contributed by atoms with E-state index in [1.807, 2.05) is 20.8 Å². The number of alkyl carbamates (subject to hydrolysis) is 1. The minimum atomic E-state index is -1.08. The maximum Gasteiger partial charge on any atom is 0.407 e. The molecular weight excluding hydrogens is 284 g/mol. The van der Waals surface area contributed by atoms with Crippen molar-refractivity contribution in [2.24, 2.45) is 5.92 Å². The molecule has 2 amide bonds. The zero-order chi connectivity index (χ0) is 16.8. The lowest BCUT2D eigenvalue weighted by Crippen LogP contribution is -2.51. The van der Waals surface area contributed by atoms with Crippen molar-refractivity contribution in [3.05, 3.63) is 0 Å². The van der Waals surface area contributed by atoms with Gasteiger partial charge < -0.3 is 20.5 Å². The van der Waals surface area contributed by atoms with Gasteiger partial charge in [0.1, 0.15) is 5.60 Å². The molecule has 1 rings (SSSR count). The number of carbonyl (C=O) groups is 2. The number of rotatable bonds is 5. The number of nitrogens with one attached hydrogen (secondary N) is 2. The van der Waals surface area contributed by atoms with E-state index < -0.39 is 17.8 Å². The van der Waals surface area contributed by atoms with Crippen LogP contribution >= 0.6 is 0 Å². The van der Waals surface area contributed by atoms with E-state index in [4.69, 9.17) is 9.84 Å². The van der Waals surface area contributed by atoms with Gasteiger partial charge >= 0.3 is 12.2 Å². The first-order valence-corrected chi connectivity index (χ1v) is 8.16. The average Bonchev–Trinajstić information content (AvgIpc) is 2.36. The van der Waals surface area contributed by atoms with Crippen molar-refractivity contribution >= 4 is 12.2 Å². The monoisotopic (exact) mass is 314 g/mol. The summed E-state index contributed by atoms with van der Waals surface area (Å²) in [5.41, 5.74) is -0.567. The van der Waals surface area contributed by atoms with Gasteiger partial charge in [0.2, 0.25) is 0 Å². The van der Waals surface area contributed by atoms with Crippen molar-refractivity contribution < 1.29 is 19.4 Å². The normalized spacial score (nSPS) is 19.1. The molecular formula is C16H30N2O4. The fourth-order valence-electron chi connectivity index (χ4n) is 2.92. The van der Waals surface area contributed by atoms with Gasteiger partial charge in [-0.05, 0) is 40.0 Å². The number of ether oxygens (including phenoxy) is 1. The predicted molar refractivity (Wildman–Crippen MR) is 85.0 cm³/mol. The zero-order valence-electron chi connectivity index (χ0n) is 14.1. The minimum Gasteiger partial charge on any atom is -0.465 e. The topological polar surface area (TPSA) is 87.7 Å². The van der Waals surface area contributed by atoms with E-state index in [1.165, 1.54) is 19.3 Å². The fraction of sp³-hybridized carbons (Fsp3) is 0.875. The van der Waals surface area contributed by atoms with Crippen LogP contribution in [0.4, 0.5) is 9.59 Å². The van der Waals surface area contributed by atoms with E-state index in [-0.39, 0.29) is 12.1 Å². The zero-order valence-corrected chi connectivity index (χ0v) is 14.1. The van der Waals surface area contributed by atoms with Crippen molar-refractivity contribution in [1.82, 2.24) is 10.6 Å². The Morgan fingerprint density at radius 3 is 2.27 bits per heavy atom. The molecule has 0 radical (unpaired) electrons. The Hall–Kier alpha value is -1.46. The Labute approximate surface area is 133 Å². The molecule has 1 unspecified atom stereocenters. The van der Waals surface area contributed by atoms with Gasteiger partial charge in [-0.3, -0.25) is 0 Å². The lowest BCUT2D eigenvalue weighted by molar-refractivity contribution is 0.0481. The quantitative estimate of drug-likeness (QED) is 0.724. The van der Waals surface area contributed by atoms with Crippen LogP contribution < -0.4 is 10.6 Å². The summed E-state index contributed by atoms with van der Waals surface area (Å²) in [5, 5.41) is 14.2. The van der Waals surface area contributed by atoms with Gasteiger partial charge in [-0.15, -0.1) is 0 Å². The average molecular weight is 314 g/mol. The summed E-state index contributed by atoms with van der Waals surface area (Å²) in [5.74, 6) is 0.534. The molecule has 6 heteroatoms. The van der Waals surface area contributed by atoms with E-state index >= 15 is 0 Å². The van der Waals surface area contributed by atoms with Crippen LogP contribution in [0.3, 0.4) is 0 Å². The molecule has 6 nitrogen and oxygen atoms in total. The van der Waals surface area contributed by atoms with E-state index in [9.17, 15) is 9.59 Å². The second-order valence-electron chi connectivity index (χ2n) is 7.23. The molecule has 0 aromatic carbocycles. The lowest BCUT2D eigenvalue weighted by Gasteiger charge is -2.31. The van der Waals surface area contributed by atoms with Gasteiger partial charge in [0.05, 0.1) is 6.04 Å². The molecule has 22 heavy (non-hydrogen) atoms. The first-order chi connectivity index (χ1) is 10.2. The maximum atomic E-state index is 12.0. The van der Waals surface area contributed by atoms with Crippen molar-refractivity contribution in [2.45, 2.75) is 83.9 Å². The largest absolute Gasteiger partial charge is 0.465 e. The molecule has 3 N–H and O–H groups in total. The van der Waals surface area contributed by atoms with Crippen LogP contribution in [0, 0.1) is 5.92 Å². The summed E-state index contributed by atoms with van der Waals surface area (Å²) < 4.78 is 5.29. The first kappa shape index (κ1) is 18.6. The highest BCUT2D eigenvalue weighted by Gasteiger charge is 2.27. The SMILES string of the molecule is CC(NC(=O)O)[C@H](CC1CCCCC1)NC(=O)OC(C)(C)C. The van der Waals surface area contributed by atoms with E-state index in [1.54, 1.807) is 6.92 Å². The van der Waals surface area contributed by atoms with Crippen LogP contribution in [-0.4, -0.2) is 35.0 Å². The molecule has 0 bridgehead atoms. The minimum absolute atomic E-state index is 0.256. The fourth-order valence-corrected chi connectivity index (χ4v) is 2.92. The molecule has 1 aliphatic rings. The number of amides is 2. The summed E-state index contributed by atoms with van der Waals surface area (Å²) >= 11 is 0. The Kier molecular flexibility index (Phi) is 6.97. The number of carbonyl (C=O) groups excluding carboxylic acids is 1. The molecule has 0 saturated heterocycles. The third-order valence-electron chi connectivity index (χ3n) is 3.97. The van der Waals surface area contributed by atoms with Gasteiger partial charge in [-0.2, -0.15) is 0 Å². The molecule has 0 aliphatic heterocycles. The number of hydrogen-bond donors (Lipinski definition) is 3. The highest BCUT2D eigenvalue weighted by Crippen LogP contribution is 2.28. The molecule has 2 atom stereocenters. The molecule has 1 fully saturated rings. The number of carboxylic acid groups (broad SMARTS) is 1. The van der Waals surface area contributed by atoms with E-state index in [0.29, 0.717) is 5.92 Å². The Morgan fingerprint density at radius 2 is 1.77 bits per heavy atom. The van der Waals surface area contributed by atoms with Crippen LogP contribution in [0.2, 0.25) is 0 Å². The van der Waals surface area contributed by atoms with Crippen molar-refractivity contribution in [1.29, 1.82) is 0 Å². The lowest BCUT2D eigenvalue weighted by atomic mass is 9.83. The standard InChI is InChI=1S/C16H30N2O4/c1-11(17-14(19)20)13(10-12-8-6-5-7-9-12)18-15(21)22-16(2,3)4/h11-13,17H,5-10H2,1-4H3,(H,18,21)(H,19,20)/t11?,13-/m0/s1. The summed E-state index contributed by atoms with van der Waals surface area (Å²) in [6, 6.07) is -0.610. The summed E-state index contributed by atoms with van der Waals surface area (Å²) in [4.78, 5) is 22.9. The summed E-state index contributed by atoms with van der Waals surface area (Å²) in [6.45, 7) is 7.20. The highest BCUT2D eigenvalue weighted by atomic mass is 16.6. The second kappa shape index (κ2) is 8.25. The molecule has 0 aromatic heterocycles. The molecule has 1 saturated carbocycles. The molecule has 0 aromatic rings. The van der Waals surface area contributed by atoms with Gasteiger partial charge in [0.15, 0.2) is 0 Å². The third kappa shape index (κ3) is 7.52. The number of hydrogen-bond acceptors (Lipinski definition) is 3. The van der Waals surface area contributed by atoms with E-state index in [0.717, 1.165) is 19.3 Å². The first-order valence-electron chi connectivity index (χ1n) is 8.16. The Morgan fingerprint density at radius 1 is 1.18 bits per heavy atom. The predicted octanol–water partition coefficient (Wildman–Crippen LogP) is 3.51. The Balaban J connectivity index is 2.63. The molecule has 0 spiro atoms. The van der Waals surface area contributed by atoms with Gasteiger partial charge in [0.25, 0.3) is 0 Å². The molecule has 128 valence electrons. The van der Waals surface area contributed by atoms with Crippen LogP contribution in [-0.2, 0) is 4.74 Å². The second-order valence-corrected chi connectivity index (χ2v) is 7.23. The van der Waals surface area contributed by atoms with Gasteiger partial charge in [-0.25, -0.2) is 9.59 Å². The summed E-state index contributed by atoms with van der Waals surface area (Å²) in [6.07, 6.45) is 5.19. The van der Waals surface area contributed by atoms with Gasteiger partial charge in [0, 0.05) is 6.04 Å². The summed E-state index contributed by atoms with van der Waals surface area (Å²) in [7, 11) is 0. The van der Waals surface area contributed by atoms with Crippen molar-refractivity contribution in [2.75, 3.05) is 0 Å². The van der Waals surface area contributed by atoms with E-state index in [2.05, 4.69) is 10.6 Å². The van der Waals surface area contributed by atoms with Crippen molar-refractivity contribution in [3.63, 3.8) is 0 Å². The Bertz CT molecular complexity index is 373. The third-order valence-corrected chi connectivity index (χ3v) is 3.97. The smallest absolute Gasteiger partial charge is 0.407 e. The van der Waals surface area contributed by atoms with Crippen LogP contribution in [0.5, 0.6) is 0 Å². The van der Waals surface area contributed by atoms with Gasteiger partial charge in [-0.1, -0.05) is 32.1 Å². The highest BCUT2D eigenvalue weighted by molar-refractivity contribution is 5.69. The van der Waals surface area contributed by atoms with Crippen LogP contribution in [0.25, 0.3) is 0 Å². The van der Waals surface area contributed by atoms with Crippen molar-refractivity contribution in [3.8, 4) is 0 Å².